The zero-order chi connectivity index (χ0) is 24.0. The molecule has 1 amide bonds. The summed E-state index contributed by atoms with van der Waals surface area (Å²) in [5.74, 6) is 0.0478. The number of benzene rings is 2. The molecule has 2 saturated heterocycles. The zero-order valence-corrected chi connectivity index (χ0v) is 20.0. The third-order valence-corrected chi connectivity index (χ3v) is 7.38. The number of fused-ring (bicyclic) bond motifs is 4. The number of amides is 1. The van der Waals surface area contributed by atoms with Gasteiger partial charge in [-0.05, 0) is 69.5 Å². The first-order valence-electron chi connectivity index (χ1n) is 11.6. The van der Waals surface area contributed by atoms with E-state index < -0.39 is 18.2 Å². The molecule has 0 spiro atoms. The van der Waals surface area contributed by atoms with E-state index >= 15 is 0 Å². The Hall–Kier alpha value is -2.77. The number of likely N-dealkylation sites (tertiary alicyclic amines) is 1. The second kappa shape index (κ2) is 8.78. The van der Waals surface area contributed by atoms with Gasteiger partial charge in [0.05, 0.1) is 18.2 Å². The van der Waals surface area contributed by atoms with Gasteiger partial charge in [-0.15, -0.1) is 0 Å². The number of hydrogen-bond acceptors (Lipinski definition) is 5. The number of carboxylic acid groups (broad SMARTS) is 1. The predicted molar refractivity (Wildman–Crippen MR) is 126 cm³/mol. The van der Waals surface area contributed by atoms with E-state index in [-0.39, 0.29) is 30.1 Å². The number of aliphatic carboxylic acids is 1. The van der Waals surface area contributed by atoms with Crippen LogP contribution in [0.15, 0.2) is 42.5 Å². The Labute approximate surface area is 203 Å². The van der Waals surface area contributed by atoms with Gasteiger partial charge in [-0.1, -0.05) is 17.7 Å². The van der Waals surface area contributed by atoms with E-state index in [1.165, 1.54) is 0 Å². The second-order valence-corrected chi connectivity index (χ2v) is 10.2. The number of nitrogens with zero attached hydrogens (tertiary/aromatic N) is 1. The highest BCUT2D eigenvalue weighted by Gasteiger charge is 2.52. The first-order chi connectivity index (χ1) is 16.2. The Morgan fingerprint density at radius 1 is 1.24 bits per heavy atom. The van der Waals surface area contributed by atoms with Gasteiger partial charge in [-0.2, -0.15) is 0 Å². The number of halogens is 1. The Morgan fingerprint density at radius 3 is 2.85 bits per heavy atom. The minimum atomic E-state index is -1.07. The largest absolute Gasteiger partial charge is 0.487 e. The van der Waals surface area contributed by atoms with E-state index in [0.717, 1.165) is 30.6 Å². The maximum Gasteiger partial charge on any atom is 0.341 e. The molecule has 0 bridgehead atoms. The first-order valence-corrected chi connectivity index (χ1v) is 12.0. The van der Waals surface area contributed by atoms with Gasteiger partial charge >= 0.3 is 5.97 Å². The molecule has 0 unspecified atom stereocenters. The Morgan fingerprint density at radius 2 is 2.06 bits per heavy atom. The molecule has 1 N–H and O–H groups in total. The molecule has 5 rings (SSSR count). The molecule has 2 aromatic rings. The zero-order valence-electron chi connectivity index (χ0n) is 19.2. The molecule has 0 aliphatic carbocycles. The Balaban J connectivity index is 1.41. The molecule has 180 valence electrons. The van der Waals surface area contributed by atoms with Gasteiger partial charge in [-0.3, -0.25) is 4.79 Å². The molecule has 0 radical (unpaired) electrons. The number of carbonyl (C=O) groups excluding carboxylic acids is 1. The van der Waals surface area contributed by atoms with Gasteiger partial charge in [0.1, 0.15) is 17.1 Å². The number of ether oxygens (including phenoxy) is 3. The molecule has 4 atom stereocenters. The van der Waals surface area contributed by atoms with Crippen LogP contribution in [0.3, 0.4) is 0 Å². The van der Waals surface area contributed by atoms with E-state index in [4.69, 9.17) is 30.9 Å². The number of carbonyl (C=O) groups is 2. The summed E-state index contributed by atoms with van der Waals surface area (Å²) in [6.07, 6.45) is 2.28. The fraction of sp³-hybridized carbons (Fsp3) is 0.462. The van der Waals surface area contributed by atoms with Crippen LogP contribution < -0.4 is 9.47 Å². The quantitative estimate of drug-likeness (QED) is 0.674. The van der Waals surface area contributed by atoms with E-state index in [1.807, 2.05) is 23.1 Å². The normalized spacial score (nSPS) is 27.0. The van der Waals surface area contributed by atoms with Crippen LogP contribution in [0, 0.1) is 5.92 Å². The lowest BCUT2D eigenvalue weighted by Crippen LogP contribution is -2.60. The number of rotatable bonds is 4. The van der Waals surface area contributed by atoms with Crippen molar-refractivity contribution in [3.63, 3.8) is 0 Å². The maximum absolute atomic E-state index is 13.6. The summed E-state index contributed by atoms with van der Waals surface area (Å²) in [5, 5.41) is 9.52. The molecule has 8 heteroatoms. The van der Waals surface area contributed by atoms with Crippen LogP contribution in [0.25, 0.3) is 0 Å². The third-order valence-electron chi connectivity index (χ3n) is 7.15. The van der Waals surface area contributed by atoms with Crippen LogP contribution in [-0.2, 0) is 9.53 Å². The molecule has 0 aromatic heterocycles. The van der Waals surface area contributed by atoms with E-state index in [0.29, 0.717) is 22.9 Å². The second-order valence-electron chi connectivity index (χ2n) is 9.74. The molecule has 2 fully saturated rings. The summed E-state index contributed by atoms with van der Waals surface area (Å²) in [6.45, 7) is 4.34. The van der Waals surface area contributed by atoms with Gasteiger partial charge in [0.25, 0.3) is 5.91 Å². The van der Waals surface area contributed by atoms with Crippen molar-refractivity contribution in [2.24, 2.45) is 5.92 Å². The van der Waals surface area contributed by atoms with Gasteiger partial charge in [-0.25, -0.2) is 4.79 Å². The highest BCUT2D eigenvalue weighted by molar-refractivity contribution is 6.30. The number of carboxylic acids is 1. The maximum atomic E-state index is 13.6. The molecule has 3 aliphatic rings. The molecule has 7 nitrogen and oxygen atoms in total. The van der Waals surface area contributed by atoms with Crippen molar-refractivity contribution in [3.05, 3.63) is 58.6 Å². The average molecular weight is 486 g/mol. The summed E-state index contributed by atoms with van der Waals surface area (Å²) in [6, 6.07) is 12.3. The molecule has 2 aromatic carbocycles. The van der Waals surface area contributed by atoms with Crippen LogP contribution in [0.1, 0.15) is 55.1 Å². The van der Waals surface area contributed by atoms with E-state index in [9.17, 15) is 9.59 Å². The molecular weight excluding hydrogens is 458 g/mol. The summed E-state index contributed by atoms with van der Waals surface area (Å²) < 4.78 is 18.3. The lowest BCUT2D eigenvalue weighted by atomic mass is 9.72. The molecule has 0 saturated carbocycles. The highest BCUT2D eigenvalue weighted by atomic mass is 35.5. The first kappa shape index (κ1) is 23.0. The van der Waals surface area contributed by atoms with Gasteiger partial charge < -0.3 is 24.2 Å². The van der Waals surface area contributed by atoms with Crippen molar-refractivity contribution in [1.82, 2.24) is 4.90 Å². The molecule has 34 heavy (non-hydrogen) atoms. The molecule has 3 aliphatic heterocycles. The smallest absolute Gasteiger partial charge is 0.341 e. The van der Waals surface area contributed by atoms with Crippen molar-refractivity contribution in [3.8, 4) is 11.5 Å². The van der Waals surface area contributed by atoms with Crippen molar-refractivity contribution in [2.45, 2.75) is 57.0 Å². The number of piperidine rings is 1. The average Bonchev–Trinajstić information content (AvgIpc) is 2.81. The summed E-state index contributed by atoms with van der Waals surface area (Å²) in [7, 11) is 0. The van der Waals surface area contributed by atoms with Crippen LogP contribution in [0.4, 0.5) is 0 Å². The Kier molecular flexibility index (Phi) is 5.94. The minimum absolute atomic E-state index is 0.0540. The predicted octanol–water partition coefficient (Wildman–Crippen LogP) is 4.73. The summed E-state index contributed by atoms with van der Waals surface area (Å²) in [4.78, 5) is 26.3. The van der Waals surface area contributed by atoms with Crippen molar-refractivity contribution < 1.29 is 28.9 Å². The third kappa shape index (κ3) is 4.23. The monoisotopic (exact) mass is 485 g/mol. The highest BCUT2D eigenvalue weighted by Crippen LogP contribution is 2.52. The number of hydrogen-bond donors (Lipinski definition) is 1. The summed E-state index contributed by atoms with van der Waals surface area (Å²) >= 11 is 6.29. The van der Waals surface area contributed by atoms with Crippen LogP contribution in [0.5, 0.6) is 11.5 Å². The SMILES string of the molecule is CC1(C)Oc2ccc(Cl)cc2[C@H]2O[C@H]3CCCN(C(=O)c4cccc(OCC(=O)O)c4)[C@H]3C[C@@H]21. The Bertz CT molecular complexity index is 1120. The minimum Gasteiger partial charge on any atom is -0.487 e. The fourth-order valence-electron chi connectivity index (χ4n) is 5.54. The lowest BCUT2D eigenvalue weighted by molar-refractivity contribution is -0.183. The van der Waals surface area contributed by atoms with Crippen LogP contribution in [0.2, 0.25) is 5.02 Å². The van der Waals surface area contributed by atoms with Crippen LogP contribution >= 0.6 is 11.6 Å². The molecular formula is C26H28ClNO6. The molecule has 3 heterocycles. The summed E-state index contributed by atoms with van der Waals surface area (Å²) in [5.41, 5.74) is 0.983. The van der Waals surface area contributed by atoms with E-state index in [1.54, 1.807) is 24.3 Å². The fourth-order valence-corrected chi connectivity index (χ4v) is 5.72. The van der Waals surface area contributed by atoms with Crippen molar-refractivity contribution >= 4 is 23.5 Å². The standard InChI is InChI=1S/C26H28ClNO6/c1-26(2)19-13-20-22(33-24(19)18-12-16(27)8-9-21(18)34-26)7-4-10-28(20)25(31)15-5-3-6-17(11-15)32-14-23(29)30/h3,5-6,8-9,11-12,19-20,22,24H,4,7,10,13-14H2,1-2H3,(H,29,30)/t19-,20-,22-,24+/m0/s1. The van der Waals surface area contributed by atoms with Crippen molar-refractivity contribution in [2.75, 3.05) is 13.2 Å². The van der Waals surface area contributed by atoms with Gasteiger partial charge in [0.15, 0.2) is 6.61 Å². The van der Waals surface area contributed by atoms with Crippen LogP contribution in [-0.4, -0.2) is 52.8 Å². The topological polar surface area (TPSA) is 85.3 Å². The van der Waals surface area contributed by atoms with E-state index in [2.05, 4.69) is 13.8 Å². The van der Waals surface area contributed by atoms with Crippen molar-refractivity contribution in [1.29, 1.82) is 0 Å². The lowest BCUT2D eigenvalue weighted by Gasteiger charge is -2.54. The van der Waals surface area contributed by atoms with Gasteiger partial charge in [0, 0.05) is 28.6 Å². The van der Waals surface area contributed by atoms with Gasteiger partial charge in [0.2, 0.25) is 0 Å².